The van der Waals surface area contributed by atoms with Crippen molar-refractivity contribution in [3.8, 4) is 0 Å². The number of aliphatic hydroxyl groups is 1. The zero-order valence-corrected chi connectivity index (χ0v) is 8.04. The van der Waals surface area contributed by atoms with Gasteiger partial charge in [0.15, 0.2) is 0 Å². The molecule has 0 saturated heterocycles. The van der Waals surface area contributed by atoms with Gasteiger partial charge in [-0.15, -0.1) is 0 Å². The van der Waals surface area contributed by atoms with Crippen molar-refractivity contribution in [2.75, 3.05) is 0 Å². The van der Waals surface area contributed by atoms with E-state index in [2.05, 4.69) is 4.98 Å². The van der Waals surface area contributed by atoms with Gasteiger partial charge >= 0.3 is 0 Å². The van der Waals surface area contributed by atoms with Crippen molar-refractivity contribution in [3.63, 3.8) is 0 Å². The predicted molar refractivity (Wildman–Crippen MR) is 51.5 cm³/mol. The van der Waals surface area contributed by atoms with Crippen LogP contribution < -0.4 is 0 Å². The van der Waals surface area contributed by atoms with Crippen LogP contribution in [0.5, 0.6) is 0 Å². The van der Waals surface area contributed by atoms with Gasteiger partial charge in [-0.1, -0.05) is 18.0 Å². The molecule has 1 unspecified atom stereocenters. The summed E-state index contributed by atoms with van der Waals surface area (Å²) in [5, 5.41) is 10.4. The van der Waals surface area contributed by atoms with Gasteiger partial charge in [0.1, 0.15) is 0 Å². The molecule has 0 bridgehead atoms. The average Bonchev–Trinajstić information content (AvgIpc) is 2.02. The van der Waals surface area contributed by atoms with Gasteiger partial charge in [-0.2, -0.15) is 0 Å². The Morgan fingerprint density at radius 2 is 2.23 bits per heavy atom. The molecule has 70 valence electrons. The Kier molecular flexibility index (Phi) is 2.51. The fourth-order valence-electron chi connectivity index (χ4n) is 1.56. The number of nitrogens with zero attached hydrogens (tertiary/aromatic N) is 1. The number of pyridine rings is 1. The highest BCUT2D eigenvalue weighted by atomic mass is 35.5. The van der Waals surface area contributed by atoms with E-state index in [0.29, 0.717) is 10.9 Å². The van der Waals surface area contributed by atoms with Crippen LogP contribution in [-0.4, -0.2) is 10.1 Å². The topological polar surface area (TPSA) is 33.1 Å². The SMILES string of the molecule is OC(c1ccc(Cl)cn1)C1CCC1. The number of aliphatic hydroxyl groups excluding tert-OH is 1. The van der Waals surface area contributed by atoms with Crippen LogP contribution in [0.15, 0.2) is 18.3 Å². The summed E-state index contributed by atoms with van der Waals surface area (Å²) in [7, 11) is 0. The molecular weight excluding hydrogens is 186 g/mol. The van der Waals surface area contributed by atoms with Gasteiger partial charge < -0.3 is 5.11 Å². The molecule has 0 spiro atoms. The van der Waals surface area contributed by atoms with E-state index in [9.17, 15) is 5.11 Å². The largest absolute Gasteiger partial charge is 0.387 e. The van der Waals surface area contributed by atoms with Crippen LogP contribution in [0.25, 0.3) is 0 Å². The molecule has 1 aromatic heterocycles. The van der Waals surface area contributed by atoms with Crippen LogP contribution in [-0.2, 0) is 0 Å². The van der Waals surface area contributed by atoms with Gasteiger partial charge in [-0.05, 0) is 30.9 Å². The quantitative estimate of drug-likeness (QED) is 0.791. The summed E-state index contributed by atoms with van der Waals surface area (Å²) < 4.78 is 0. The van der Waals surface area contributed by atoms with Crippen LogP contribution in [0, 0.1) is 5.92 Å². The van der Waals surface area contributed by atoms with E-state index < -0.39 is 6.10 Å². The number of hydrogen-bond acceptors (Lipinski definition) is 2. The van der Waals surface area contributed by atoms with E-state index in [-0.39, 0.29) is 0 Å². The highest BCUT2D eigenvalue weighted by Gasteiger charge is 2.27. The molecule has 1 saturated carbocycles. The maximum absolute atomic E-state index is 9.83. The van der Waals surface area contributed by atoms with Gasteiger partial charge in [0, 0.05) is 6.20 Å². The Balaban J connectivity index is 2.10. The Bertz CT molecular complexity index is 281. The summed E-state index contributed by atoms with van der Waals surface area (Å²) in [6.45, 7) is 0. The number of hydrogen-bond donors (Lipinski definition) is 1. The molecule has 0 radical (unpaired) electrons. The summed E-state index contributed by atoms with van der Waals surface area (Å²) in [4.78, 5) is 4.10. The molecule has 1 fully saturated rings. The highest BCUT2D eigenvalue weighted by molar-refractivity contribution is 6.30. The van der Waals surface area contributed by atoms with Gasteiger partial charge in [0.05, 0.1) is 16.8 Å². The molecule has 1 N–H and O–H groups in total. The lowest BCUT2D eigenvalue weighted by molar-refractivity contribution is 0.0587. The smallest absolute Gasteiger partial charge is 0.0987 e. The molecule has 13 heavy (non-hydrogen) atoms. The van der Waals surface area contributed by atoms with E-state index in [0.717, 1.165) is 18.5 Å². The first-order valence-corrected chi connectivity index (χ1v) is 4.94. The Hall–Kier alpha value is -0.600. The molecule has 0 aliphatic heterocycles. The molecule has 1 aliphatic carbocycles. The van der Waals surface area contributed by atoms with E-state index in [1.165, 1.54) is 6.42 Å². The van der Waals surface area contributed by atoms with Crippen LogP contribution in [0.2, 0.25) is 5.02 Å². The third-order valence-electron chi connectivity index (χ3n) is 2.65. The predicted octanol–water partition coefficient (Wildman–Crippen LogP) is 2.57. The fraction of sp³-hybridized carbons (Fsp3) is 0.500. The molecule has 1 aromatic rings. The first-order chi connectivity index (χ1) is 6.27. The lowest BCUT2D eigenvalue weighted by atomic mass is 9.80. The van der Waals surface area contributed by atoms with Crippen molar-refractivity contribution in [3.05, 3.63) is 29.0 Å². The average molecular weight is 198 g/mol. The zero-order chi connectivity index (χ0) is 9.26. The molecule has 3 heteroatoms. The Labute approximate surface area is 82.6 Å². The number of rotatable bonds is 2. The Morgan fingerprint density at radius 1 is 1.46 bits per heavy atom. The second-order valence-corrected chi connectivity index (χ2v) is 3.97. The lowest BCUT2D eigenvalue weighted by Crippen LogP contribution is -2.20. The van der Waals surface area contributed by atoms with Crippen molar-refractivity contribution in [2.24, 2.45) is 5.92 Å². The molecular formula is C10H12ClNO. The van der Waals surface area contributed by atoms with Crippen LogP contribution in [0.4, 0.5) is 0 Å². The first kappa shape index (κ1) is 8.97. The lowest BCUT2D eigenvalue weighted by Gasteiger charge is -2.29. The molecule has 1 aliphatic rings. The zero-order valence-electron chi connectivity index (χ0n) is 7.28. The van der Waals surface area contributed by atoms with Crippen molar-refractivity contribution >= 4 is 11.6 Å². The summed E-state index contributed by atoms with van der Waals surface area (Å²) >= 11 is 5.70. The van der Waals surface area contributed by atoms with Gasteiger partial charge in [0.25, 0.3) is 0 Å². The minimum atomic E-state index is -0.397. The fourth-order valence-corrected chi connectivity index (χ4v) is 1.67. The summed E-state index contributed by atoms with van der Waals surface area (Å²) in [5.41, 5.74) is 0.745. The summed E-state index contributed by atoms with van der Waals surface area (Å²) in [6, 6.07) is 3.57. The normalized spacial score (nSPS) is 19.5. The molecule has 1 heterocycles. The van der Waals surface area contributed by atoms with E-state index >= 15 is 0 Å². The van der Waals surface area contributed by atoms with Gasteiger partial charge in [-0.25, -0.2) is 0 Å². The van der Waals surface area contributed by atoms with Crippen LogP contribution >= 0.6 is 11.6 Å². The van der Waals surface area contributed by atoms with E-state index in [4.69, 9.17) is 11.6 Å². The Morgan fingerprint density at radius 3 is 2.69 bits per heavy atom. The van der Waals surface area contributed by atoms with Crippen molar-refractivity contribution < 1.29 is 5.11 Å². The summed E-state index contributed by atoms with van der Waals surface area (Å²) in [5.74, 6) is 0.411. The third-order valence-corrected chi connectivity index (χ3v) is 2.87. The molecule has 2 rings (SSSR count). The number of aromatic nitrogens is 1. The van der Waals surface area contributed by atoms with Crippen LogP contribution in [0.3, 0.4) is 0 Å². The van der Waals surface area contributed by atoms with E-state index in [1.54, 1.807) is 18.3 Å². The molecule has 1 atom stereocenters. The minimum Gasteiger partial charge on any atom is -0.387 e. The molecule has 0 amide bonds. The van der Waals surface area contributed by atoms with Crippen LogP contribution in [0.1, 0.15) is 31.1 Å². The number of halogens is 1. The van der Waals surface area contributed by atoms with E-state index in [1.807, 2.05) is 0 Å². The van der Waals surface area contributed by atoms with Crippen molar-refractivity contribution in [2.45, 2.75) is 25.4 Å². The maximum Gasteiger partial charge on any atom is 0.0987 e. The van der Waals surface area contributed by atoms with Gasteiger partial charge in [0.2, 0.25) is 0 Å². The molecule has 2 nitrogen and oxygen atoms in total. The first-order valence-electron chi connectivity index (χ1n) is 4.57. The summed E-state index contributed by atoms with van der Waals surface area (Å²) in [6.07, 6.45) is 4.65. The van der Waals surface area contributed by atoms with Gasteiger partial charge in [-0.3, -0.25) is 4.98 Å². The maximum atomic E-state index is 9.83. The second kappa shape index (κ2) is 3.64. The van der Waals surface area contributed by atoms with Crippen molar-refractivity contribution in [1.82, 2.24) is 4.98 Å². The highest BCUT2D eigenvalue weighted by Crippen LogP contribution is 2.36. The monoisotopic (exact) mass is 197 g/mol. The minimum absolute atomic E-state index is 0.397. The third kappa shape index (κ3) is 1.84. The second-order valence-electron chi connectivity index (χ2n) is 3.54. The van der Waals surface area contributed by atoms with Crippen molar-refractivity contribution in [1.29, 1.82) is 0 Å². The standard InChI is InChI=1S/C10H12ClNO/c11-8-4-5-9(12-6-8)10(13)7-2-1-3-7/h4-7,10,13H,1-3H2. The molecule has 0 aromatic carbocycles.